The molecular weight excluding hydrogens is 476 g/mol. The van der Waals surface area contributed by atoms with Crippen molar-refractivity contribution in [2.45, 2.75) is 32.6 Å². The molecular formula is C25H52N8O4. The van der Waals surface area contributed by atoms with Crippen molar-refractivity contribution in [1.29, 1.82) is 0 Å². The normalized spacial score (nSPS) is 11.3. The molecule has 0 spiro atoms. The summed E-state index contributed by atoms with van der Waals surface area (Å²) in [6.07, 6.45) is 3.01. The Hall–Kier alpha value is -2.28. The molecule has 0 heterocycles. The Morgan fingerprint density at radius 2 is 0.865 bits per heavy atom. The number of carbonyl (C=O) groups is 4. The summed E-state index contributed by atoms with van der Waals surface area (Å²) < 4.78 is 0. The van der Waals surface area contributed by atoms with Crippen LogP contribution in [-0.4, -0.2) is 150 Å². The van der Waals surface area contributed by atoms with Gasteiger partial charge in [-0.2, -0.15) is 0 Å². The summed E-state index contributed by atoms with van der Waals surface area (Å²) in [5.74, 6) is 0.0313. The van der Waals surface area contributed by atoms with Crippen LogP contribution >= 0.6 is 0 Å². The average molecular weight is 529 g/mol. The van der Waals surface area contributed by atoms with Crippen LogP contribution in [0.15, 0.2) is 0 Å². The molecule has 0 radical (unpaired) electrons. The highest BCUT2D eigenvalue weighted by atomic mass is 16.2. The van der Waals surface area contributed by atoms with E-state index in [1.807, 2.05) is 35.8 Å². The highest BCUT2D eigenvalue weighted by molar-refractivity contribution is 5.76. The number of nitrogens with zero attached hydrogens (tertiary/aromatic N) is 4. The highest BCUT2D eigenvalue weighted by Crippen LogP contribution is 1.91. The molecule has 0 saturated carbocycles. The predicted octanol–water partition coefficient (Wildman–Crippen LogP) is -1.61. The minimum atomic E-state index is -0.0116. The van der Waals surface area contributed by atoms with Crippen LogP contribution < -0.4 is 21.3 Å². The van der Waals surface area contributed by atoms with Crippen molar-refractivity contribution in [1.82, 2.24) is 40.9 Å². The summed E-state index contributed by atoms with van der Waals surface area (Å²) in [6.45, 7) is 10.2. The van der Waals surface area contributed by atoms with Gasteiger partial charge in [0, 0.05) is 91.3 Å². The standard InChI is InChI=1S/C25H52N8O4/c1-6-14-30(2)19-11-27-24(36)8-16-32(4)21-13-29-25(37)9-17-33(5)20-12-28-23(35)7-15-31(3)18-10-26-22-34/h22H,6-21H2,1-5H3,(H,26,34)(H,27,36)(H,28,35)(H,29,37). The van der Waals surface area contributed by atoms with Gasteiger partial charge in [-0.05, 0) is 41.2 Å². The maximum Gasteiger partial charge on any atom is 0.221 e. The van der Waals surface area contributed by atoms with E-state index < -0.39 is 0 Å². The molecule has 0 aromatic carbocycles. The lowest BCUT2D eigenvalue weighted by atomic mass is 10.3. The molecule has 12 nitrogen and oxygen atoms in total. The number of carbonyl (C=O) groups excluding carboxylic acids is 4. The maximum absolute atomic E-state index is 12.1. The van der Waals surface area contributed by atoms with Crippen molar-refractivity contribution in [3.63, 3.8) is 0 Å². The van der Waals surface area contributed by atoms with Crippen LogP contribution in [-0.2, 0) is 19.2 Å². The first-order chi connectivity index (χ1) is 17.7. The van der Waals surface area contributed by atoms with Gasteiger partial charge in [-0.25, -0.2) is 0 Å². The van der Waals surface area contributed by atoms with E-state index in [-0.39, 0.29) is 17.7 Å². The van der Waals surface area contributed by atoms with Gasteiger partial charge in [0.1, 0.15) is 0 Å². The smallest absolute Gasteiger partial charge is 0.221 e. The van der Waals surface area contributed by atoms with Crippen LogP contribution in [0.1, 0.15) is 32.6 Å². The Kier molecular flexibility index (Phi) is 21.5. The van der Waals surface area contributed by atoms with Gasteiger partial charge < -0.3 is 40.9 Å². The number of hydrogen-bond acceptors (Lipinski definition) is 8. The molecule has 0 rings (SSSR count). The van der Waals surface area contributed by atoms with Crippen molar-refractivity contribution in [2.75, 3.05) is 107 Å². The topological polar surface area (TPSA) is 129 Å². The third-order valence-corrected chi connectivity index (χ3v) is 5.94. The van der Waals surface area contributed by atoms with Gasteiger partial charge in [0.05, 0.1) is 0 Å². The summed E-state index contributed by atoms with van der Waals surface area (Å²) in [5.41, 5.74) is 0. The van der Waals surface area contributed by atoms with E-state index >= 15 is 0 Å². The van der Waals surface area contributed by atoms with Gasteiger partial charge in [-0.15, -0.1) is 0 Å². The molecule has 0 atom stereocenters. The van der Waals surface area contributed by atoms with Gasteiger partial charge in [-0.1, -0.05) is 6.92 Å². The second-order valence-electron chi connectivity index (χ2n) is 9.58. The fourth-order valence-corrected chi connectivity index (χ4v) is 3.44. The number of rotatable bonds is 24. The van der Waals surface area contributed by atoms with E-state index in [1.165, 1.54) is 0 Å². The van der Waals surface area contributed by atoms with E-state index in [1.54, 1.807) is 0 Å². The van der Waals surface area contributed by atoms with E-state index in [0.29, 0.717) is 91.1 Å². The van der Waals surface area contributed by atoms with Crippen molar-refractivity contribution >= 4 is 24.1 Å². The van der Waals surface area contributed by atoms with Crippen molar-refractivity contribution in [3.05, 3.63) is 0 Å². The summed E-state index contributed by atoms with van der Waals surface area (Å²) >= 11 is 0. The quantitative estimate of drug-likeness (QED) is 0.0870. The lowest BCUT2D eigenvalue weighted by Crippen LogP contribution is -2.38. The first-order valence-corrected chi connectivity index (χ1v) is 13.4. The molecule has 37 heavy (non-hydrogen) atoms. The molecule has 0 aliphatic carbocycles. The first kappa shape index (κ1) is 34.7. The number of hydrogen-bond donors (Lipinski definition) is 4. The van der Waals surface area contributed by atoms with E-state index in [4.69, 9.17) is 0 Å². The second-order valence-corrected chi connectivity index (χ2v) is 9.58. The Labute approximate surface area is 223 Å². The third kappa shape index (κ3) is 22.6. The van der Waals surface area contributed by atoms with Crippen molar-refractivity contribution < 1.29 is 19.2 Å². The lowest BCUT2D eigenvalue weighted by molar-refractivity contribution is -0.122. The average Bonchev–Trinajstić information content (AvgIpc) is 2.85. The molecule has 0 aromatic heterocycles. The molecule has 0 saturated heterocycles. The molecule has 4 amide bonds. The van der Waals surface area contributed by atoms with Gasteiger partial charge in [0.2, 0.25) is 24.1 Å². The van der Waals surface area contributed by atoms with E-state index in [9.17, 15) is 19.2 Å². The van der Waals surface area contributed by atoms with Crippen LogP contribution in [0.25, 0.3) is 0 Å². The van der Waals surface area contributed by atoms with Gasteiger partial charge in [-0.3, -0.25) is 19.2 Å². The monoisotopic (exact) mass is 528 g/mol. The summed E-state index contributed by atoms with van der Waals surface area (Å²) in [4.78, 5) is 54.5. The SMILES string of the molecule is CCCN(C)CCNC(=O)CCN(C)CCNC(=O)CCN(C)CCNC(=O)CCN(C)CCNC=O. The van der Waals surface area contributed by atoms with Gasteiger partial charge >= 0.3 is 0 Å². The zero-order valence-electron chi connectivity index (χ0n) is 23.8. The van der Waals surface area contributed by atoms with Crippen molar-refractivity contribution in [2.24, 2.45) is 0 Å². The number of amides is 4. The van der Waals surface area contributed by atoms with E-state index in [2.05, 4.69) is 40.1 Å². The van der Waals surface area contributed by atoms with Crippen molar-refractivity contribution in [3.8, 4) is 0 Å². The Morgan fingerprint density at radius 1 is 0.541 bits per heavy atom. The minimum absolute atomic E-state index is 0.00895. The molecule has 0 aromatic rings. The lowest BCUT2D eigenvalue weighted by Gasteiger charge is -2.19. The Morgan fingerprint density at radius 3 is 1.19 bits per heavy atom. The molecule has 0 aliphatic rings. The minimum Gasteiger partial charge on any atom is -0.357 e. The second kappa shape index (κ2) is 22.9. The molecule has 0 bridgehead atoms. The molecule has 0 unspecified atom stereocenters. The molecule has 0 aliphatic heterocycles. The van der Waals surface area contributed by atoms with Crippen LogP contribution in [0.4, 0.5) is 0 Å². The first-order valence-electron chi connectivity index (χ1n) is 13.4. The highest BCUT2D eigenvalue weighted by Gasteiger charge is 2.08. The zero-order valence-corrected chi connectivity index (χ0v) is 23.8. The third-order valence-electron chi connectivity index (χ3n) is 5.94. The Balaban J connectivity index is 3.75. The van der Waals surface area contributed by atoms with Crippen LogP contribution in [0.2, 0.25) is 0 Å². The largest absolute Gasteiger partial charge is 0.357 e. The van der Waals surface area contributed by atoms with Crippen LogP contribution in [0.3, 0.4) is 0 Å². The fraction of sp³-hybridized carbons (Fsp3) is 0.840. The summed E-state index contributed by atoms with van der Waals surface area (Å²) in [5, 5.41) is 11.4. The molecule has 216 valence electrons. The fourth-order valence-electron chi connectivity index (χ4n) is 3.44. The van der Waals surface area contributed by atoms with E-state index in [0.717, 1.165) is 19.5 Å². The van der Waals surface area contributed by atoms with Crippen LogP contribution in [0, 0.1) is 0 Å². The number of likely N-dealkylation sites (N-methyl/N-ethyl adjacent to an activating group) is 4. The number of nitrogens with one attached hydrogen (secondary N) is 4. The molecule has 0 fully saturated rings. The summed E-state index contributed by atoms with van der Waals surface area (Å²) in [7, 11) is 7.83. The Bertz CT molecular complexity index is 638. The van der Waals surface area contributed by atoms with Crippen LogP contribution in [0.5, 0.6) is 0 Å². The summed E-state index contributed by atoms with van der Waals surface area (Å²) in [6, 6.07) is 0. The zero-order chi connectivity index (χ0) is 27.9. The molecule has 4 N–H and O–H groups in total. The van der Waals surface area contributed by atoms with Gasteiger partial charge in [0.25, 0.3) is 0 Å². The molecule has 12 heteroatoms. The van der Waals surface area contributed by atoms with Gasteiger partial charge in [0.15, 0.2) is 0 Å². The predicted molar refractivity (Wildman–Crippen MR) is 147 cm³/mol. The maximum atomic E-state index is 12.1.